The van der Waals surface area contributed by atoms with Gasteiger partial charge in [-0.1, -0.05) is 25.1 Å². The Morgan fingerprint density at radius 3 is 2.85 bits per heavy atom. The van der Waals surface area contributed by atoms with Crippen molar-refractivity contribution >= 4 is 5.96 Å². The molecule has 0 saturated heterocycles. The van der Waals surface area contributed by atoms with Gasteiger partial charge in [0, 0.05) is 25.1 Å². The summed E-state index contributed by atoms with van der Waals surface area (Å²) < 4.78 is 7.75. The van der Waals surface area contributed by atoms with Crippen LogP contribution in [0.4, 0.5) is 0 Å². The molecule has 1 saturated carbocycles. The van der Waals surface area contributed by atoms with E-state index in [0.717, 1.165) is 29.8 Å². The Morgan fingerprint density at radius 1 is 1.31 bits per heavy atom. The second-order valence-electron chi connectivity index (χ2n) is 7.22. The van der Waals surface area contributed by atoms with Crippen molar-refractivity contribution < 1.29 is 4.74 Å². The molecule has 0 radical (unpaired) electrons. The Balaban J connectivity index is 1.52. The first kappa shape index (κ1) is 16.9. The second kappa shape index (κ2) is 6.97. The van der Waals surface area contributed by atoms with Crippen LogP contribution in [0.1, 0.15) is 43.0 Å². The zero-order valence-electron chi connectivity index (χ0n) is 15.6. The summed E-state index contributed by atoms with van der Waals surface area (Å²) in [6, 6.07) is 8.90. The number of nitrogens with zero attached hydrogens (tertiary/aromatic N) is 4. The summed E-state index contributed by atoms with van der Waals surface area (Å²) in [5, 5.41) is 15.5. The summed E-state index contributed by atoms with van der Waals surface area (Å²) in [6.45, 7) is 5.41. The van der Waals surface area contributed by atoms with Crippen LogP contribution in [-0.2, 0) is 13.6 Å². The van der Waals surface area contributed by atoms with Crippen molar-refractivity contribution in [2.24, 2.45) is 18.0 Å². The molecule has 3 atom stereocenters. The van der Waals surface area contributed by atoms with Gasteiger partial charge in [0.25, 0.3) is 0 Å². The molecule has 2 aromatic rings. The van der Waals surface area contributed by atoms with E-state index >= 15 is 0 Å². The van der Waals surface area contributed by atoms with Crippen molar-refractivity contribution in [1.82, 2.24) is 25.4 Å². The van der Waals surface area contributed by atoms with Gasteiger partial charge in [0.05, 0.1) is 12.6 Å². The first-order chi connectivity index (χ1) is 12.6. The quantitative estimate of drug-likeness (QED) is 0.649. The van der Waals surface area contributed by atoms with Gasteiger partial charge in [-0.3, -0.25) is 0 Å². The van der Waals surface area contributed by atoms with Crippen molar-refractivity contribution in [3.05, 3.63) is 41.5 Å². The molecule has 0 amide bonds. The highest BCUT2D eigenvalue weighted by Gasteiger charge is 2.34. The molecule has 1 fully saturated rings. The Labute approximate surface area is 153 Å². The monoisotopic (exact) mass is 354 g/mol. The largest absolute Gasteiger partial charge is 0.493 e. The molecule has 0 bridgehead atoms. The number of rotatable bonds is 4. The van der Waals surface area contributed by atoms with Crippen molar-refractivity contribution in [2.45, 2.75) is 45.3 Å². The summed E-state index contributed by atoms with van der Waals surface area (Å²) >= 11 is 0. The number of aryl methyl sites for hydroxylation is 1. The minimum atomic E-state index is 0.196. The minimum absolute atomic E-state index is 0.196. The zero-order valence-corrected chi connectivity index (χ0v) is 15.6. The Hall–Kier alpha value is -2.57. The summed E-state index contributed by atoms with van der Waals surface area (Å²) in [7, 11) is 1.97. The number of guanidine groups is 1. The Kier molecular flexibility index (Phi) is 4.53. The van der Waals surface area contributed by atoms with Crippen molar-refractivity contribution in [2.75, 3.05) is 6.61 Å². The summed E-state index contributed by atoms with van der Waals surface area (Å²) in [5.74, 6) is 4.24. The third-order valence-corrected chi connectivity index (χ3v) is 5.26. The highest BCUT2D eigenvalue weighted by atomic mass is 16.5. The summed E-state index contributed by atoms with van der Waals surface area (Å²) in [4.78, 5) is 4.78. The number of hydrogen-bond donors (Lipinski definition) is 2. The third-order valence-electron chi connectivity index (χ3n) is 5.26. The smallest absolute Gasteiger partial charge is 0.192 e. The van der Waals surface area contributed by atoms with Gasteiger partial charge in [-0.2, -0.15) is 0 Å². The van der Waals surface area contributed by atoms with E-state index in [1.165, 1.54) is 12.0 Å². The minimum Gasteiger partial charge on any atom is -0.493 e. The number of para-hydroxylation sites is 1. The maximum atomic E-state index is 5.77. The van der Waals surface area contributed by atoms with Gasteiger partial charge < -0.3 is 19.9 Å². The van der Waals surface area contributed by atoms with Crippen LogP contribution in [0.5, 0.6) is 5.75 Å². The van der Waals surface area contributed by atoms with Gasteiger partial charge in [-0.05, 0) is 25.3 Å². The van der Waals surface area contributed by atoms with Gasteiger partial charge in [-0.25, -0.2) is 4.99 Å². The molecule has 4 rings (SSSR count). The standard InChI is InChI=1S/C19H26N6O/c1-12-10-16(12)22-19(20-11-18-24-23-13(2)25(18)3)21-15-8-9-26-17-7-5-4-6-14(15)17/h4-7,12,15-16H,8-11H2,1-3H3,(H2,20,21,22). The van der Waals surface area contributed by atoms with E-state index in [4.69, 9.17) is 9.73 Å². The normalized spacial score (nSPS) is 24.6. The highest BCUT2D eigenvalue weighted by molar-refractivity contribution is 5.81. The molecule has 1 aromatic carbocycles. The SMILES string of the molecule is Cc1nnc(CN=C(NC2CCOc3ccccc32)NC2CC2C)n1C. The molecule has 1 aliphatic heterocycles. The highest BCUT2D eigenvalue weighted by Crippen LogP contribution is 2.32. The molecule has 2 aliphatic rings. The average Bonchev–Trinajstić information content (AvgIpc) is 3.25. The van der Waals surface area contributed by atoms with Crippen LogP contribution >= 0.6 is 0 Å². The molecule has 2 heterocycles. The van der Waals surface area contributed by atoms with E-state index in [2.05, 4.69) is 39.9 Å². The number of benzene rings is 1. The van der Waals surface area contributed by atoms with Crippen LogP contribution in [0.2, 0.25) is 0 Å². The Bertz CT molecular complexity index is 814. The van der Waals surface area contributed by atoms with Crippen LogP contribution in [0.15, 0.2) is 29.3 Å². The van der Waals surface area contributed by atoms with E-state index in [0.29, 0.717) is 25.1 Å². The lowest BCUT2D eigenvalue weighted by atomic mass is 10.0. The fourth-order valence-corrected chi connectivity index (χ4v) is 3.23. The lowest BCUT2D eigenvalue weighted by Gasteiger charge is -2.28. The molecule has 2 N–H and O–H groups in total. The van der Waals surface area contributed by atoms with Gasteiger partial charge in [0.15, 0.2) is 11.8 Å². The lowest BCUT2D eigenvalue weighted by molar-refractivity contribution is 0.261. The first-order valence-electron chi connectivity index (χ1n) is 9.26. The zero-order chi connectivity index (χ0) is 18.1. The number of aromatic nitrogens is 3. The molecule has 26 heavy (non-hydrogen) atoms. The van der Waals surface area contributed by atoms with Crippen LogP contribution in [0.25, 0.3) is 0 Å². The van der Waals surface area contributed by atoms with Gasteiger partial charge in [-0.15, -0.1) is 10.2 Å². The average molecular weight is 354 g/mol. The van der Waals surface area contributed by atoms with Crippen molar-refractivity contribution in [3.8, 4) is 5.75 Å². The van der Waals surface area contributed by atoms with E-state index < -0.39 is 0 Å². The first-order valence-corrected chi connectivity index (χ1v) is 9.26. The van der Waals surface area contributed by atoms with E-state index in [1.54, 1.807) is 0 Å². The Morgan fingerprint density at radius 2 is 2.12 bits per heavy atom. The van der Waals surface area contributed by atoms with Gasteiger partial charge in [0.2, 0.25) is 0 Å². The summed E-state index contributed by atoms with van der Waals surface area (Å²) in [6.07, 6.45) is 2.11. The van der Waals surface area contributed by atoms with Crippen molar-refractivity contribution in [1.29, 1.82) is 0 Å². The number of hydrogen-bond acceptors (Lipinski definition) is 4. The number of ether oxygens (including phenoxy) is 1. The predicted molar refractivity (Wildman–Crippen MR) is 100 cm³/mol. The molecular formula is C19H26N6O. The molecule has 0 spiro atoms. The molecule has 1 aliphatic carbocycles. The van der Waals surface area contributed by atoms with E-state index in [-0.39, 0.29) is 6.04 Å². The fourth-order valence-electron chi connectivity index (χ4n) is 3.23. The van der Waals surface area contributed by atoms with Crippen LogP contribution in [0, 0.1) is 12.8 Å². The van der Waals surface area contributed by atoms with Gasteiger partial charge >= 0.3 is 0 Å². The molecule has 7 nitrogen and oxygen atoms in total. The maximum absolute atomic E-state index is 5.77. The fraction of sp³-hybridized carbons (Fsp3) is 0.526. The lowest BCUT2D eigenvalue weighted by Crippen LogP contribution is -2.42. The van der Waals surface area contributed by atoms with Crippen molar-refractivity contribution in [3.63, 3.8) is 0 Å². The molecule has 1 aromatic heterocycles. The maximum Gasteiger partial charge on any atom is 0.192 e. The number of aliphatic imine (C=N–C) groups is 1. The van der Waals surface area contributed by atoms with Crippen LogP contribution in [0.3, 0.4) is 0 Å². The molecule has 3 unspecified atom stereocenters. The predicted octanol–water partition coefficient (Wildman–Crippen LogP) is 2.09. The van der Waals surface area contributed by atoms with E-state index in [1.807, 2.05) is 30.7 Å². The van der Waals surface area contributed by atoms with Gasteiger partial charge in [0.1, 0.15) is 18.1 Å². The number of nitrogens with one attached hydrogen (secondary N) is 2. The second-order valence-corrected chi connectivity index (χ2v) is 7.22. The molecular weight excluding hydrogens is 328 g/mol. The van der Waals surface area contributed by atoms with Crippen LogP contribution in [-0.4, -0.2) is 33.4 Å². The van der Waals surface area contributed by atoms with E-state index in [9.17, 15) is 0 Å². The molecule has 7 heteroatoms. The molecule has 138 valence electrons. The topological polar surface area (TPSA) is 76.4 Å². The number of fused-ring (bicyclic) bond motifs is 1. The van der Waals surface area contributed by atoms with Crippen LogP contribution < -0.4 is 15.4 Å². The summed E-state index contributed by atoms with van der Waals surface area (Å²) in [5.41, 5.74) is 1.19. The third kappa shape index (κ3) is 3.52.